The second kappa shape index (κ2) is 16.7. The Bertz CT molecular complexity index is 1470. The highest BCUT2D eigenvalue weighted by Crippen LogP contribution is 2.35. The number of carbonyl (C=O) groups excluding carboxylic acids is 5. The molecule has 3 rings (SSSR count). The molecule has 1 aromatic carbocycles. The molecule has 0 heterocycles. The largest absolute Gasteiger partial charge is 0.363 e. The van der Waals surface area contributed by atoms with Gasteiger partial charge in [0.15, 0.2) is 9.84 Å². The van der Waals surface area contributed by atoms with Crippen molar-refractivity contribution in [2.45, 2.75) is 141 Å². The summed E-state index contributed by atoms with van der Waals surface area (Å²) in [5.41, 5.74) is 2.97. The summed E-state index contributed by atoms with van der Waals surface area (Å²) in [5, 5.41) is 8.76. The van der Waals surface area contributed by atoms with Crippen LogP contribution in [0.15, 0.2) is 35.2 Å². The monoisotopic (exact) mass is 717 g/mol. The van der Waals surface area contributed by atoms with Gasteiger partial charge in [0, 0.05) is 12.1 Å². The Kier molecular flexibility index (Phi) is 13.7. The van der Waals surface area contributed by atoms with Crippen molar-refractivity contribution >= 4 is 39.4 Å². The molecule has 2 unspecified atom stereocenters. The normalized spacial score (nSPS) is 18.2. The van der Waals surface area contributed by atoms with Gasteiger partial charge in [-0.25, -0.2) is 13.2 Å². The number of carbonyl (C=O) groups is 5. The van der Waals surface area contributed by atoms with E-state index in [2.05, 4.69) is 16.0 Å². The van der Waals surface area contributed by atoms with E-state index in [9.17, 15) is 32.4 Å². The topological polar surface area (TPSA) is 185 Å². The summed E-state index contributed by atoms with van der Waals surface area (Å²) in [4.78, 5) is 68.7. The third-order valence-corrected chi connectivity index (χ3v) is 11.5. The van der Waals surface area contributed by atoms with Gasteiger partial charge in [-0.3, -0.25) is 19.2 Å². The summed E-state index contributed by atoms with van der Waals surface area (Å²) in [6.45, 7) is 13.0. The number of nitrogens with two attached hydrogens (primary N) is 1. The van der Waals surface area contributed by atoms with Crippen molar-refractivity contribution in [2.75, 3.05) is 12.3 Å². The number of urea groups is 1. The van der Waals surface area contributed by atoms with E-state index >= 15 is 0 Å². The van der Waals surface area contributed by atoms with Crippen LogP contribution in [0.1, 0.15) is 113 Å². The molecule has 0 spiro atoms. The Hall–Kier alpha value is -3.48. The van der Waals surface area contributed by atoms with Gasteiger partial charge in [-0.2, -0.15) is 0 Å². The third-order valence-electron chi connectivity index (χ3n) is 9.80. The molecule has 0 radical (unpaired) electrons. The van der Waals surface area contributed by atoms with Crippen LogP contribution in [0.4, 0.5) is 4.79 Å². The summed E-state index contributed by atoms with van der Waals surface area (Å²) in [6.07, 6.45) is 6.70. The average Bonchev–Trinajstić information content (AvgIpc) is 3.85. The molecular weight excluding hydrogens is 659 g/mol. The molecule has 0 bridgehead atoms. The van der Waals surface area contributed by atoms with E-state index in [-0.39, 0.29) is 29.5 Å². The molecule has 2 aliphatic carbocycles. The van der Waals surface area contributed by atoms with Gasteiger partial charge in [0.05, 0.1) is 16.7 Å². The predicted molar refractivity (Wildman–Crippen MR) is 193 cm³/mol. The van der Waals surface area contributed by atoms with Crippen LogP contribution in [0.25, 0.3) is 0 Å². The number of benzene rings is 1. The number of rotatable bonds is 16. The fourth-order valence-corrected chi connectivity index (χ4v) is 8.38. The minimum Gasteiger partial charge on any atom is -0.363 e. The fraction of sp³-hybridized carbons (Fsp3) is 0.703. The summed E-state index contributed by atoms with van der Waals surface area (Å²) in [6, 6.07) is 4.49. The van der Waals surface area contributed by atoms with Crippen LogP contribution in [0.5, 0.6) is 0 Å². The van der Waals surface area contributed by atoms with Crippen molar-refractivity contribution in [3.63, 3.8) is 0 Å². The first-order chi connectivity index (χ1) is 23.2. The summed E-state index contributed by atoms with van der Waals surface area (Å²) in [5.74, 6) is -2.95. The molecule has 5 N–H and O–H groups in total. The first kappa shape index (κ1) is 40.9. The van der Waals surface area contributed by atoms with Crippen molar-refractivity contribution in [2.24, 2.45) is 22.5 Å². The summed E-state index contributed by atoms with van der Waals surface area (Å²) >= 11 is 0. The molecule has 280 valence electrons. The maximum absolute atomic E-state index is 14.6. The van der Waals surface area contributed by atoms with Crippen LogP contribution in [-0.2, 0) is 29.0 Å². The van der Waals surface area contributed by atoms with Crippen LogP contribution in [0, 0.1) is 16.7 Å². The molecule has 3 atom stereocenters. The maximum atomic E-state index is 14.6. The van der Waals surface area contributed by atoms with Crippen molar-refractivity contribution in [1.29, 1.82) is 0 Å². The van der Waals surface area contributed by atoms with Gasteiger partial charge in [-0.05, 0) is 61.0 Å². The van der Waals surface area contributed by atoms with Gasteiger partial charge in [0.25, 0.3) is 5.91 Å². The molecule has 0 saturated heterocycles. The van der Waals surface area contributed by atoms with E-state index in [1.165, 1.54) is 4.90 Å². The van der Waals surface area contributed by atoms with Crippen LogP contribution in [-0.4, -0.2) is 78.8 Å². The lowest BCUT2D eigenvalue weighted by Gasteiger charge is -2.43. The van der Waals surface area contributed by atoms with E-state index in [1.807, 2.05) is 48.5 Å². The maximum Gasteiger partial charge on any atom is 0.315 e. The Labute approximate surface area is 298 Å². The third kappa shape index (κ3) is 11.3. The van der Waals surface area contributed by atoms with E-state index in [4.69, 9.17) is 5.73 Å². The van der Waals surface area contributed by atoms with E-state index in [1.54, 1.807) is 30.3 Å². The van der Waals surface area contributed by atoms with Gasteiger partial charge in [-0.15, -0.1) is 0 Å². The lowest BCUT2D eigenvalue weighted by atomic mass is 9.79. The van der Waals surface area contributed by atoms with Gasteiger partial charge in [-0.1, -0.05) is 98.8 Å². The Morgan fingerprint density at radius 1 is 0.920 bits per heavy atom. The quantitative estimate of drug-likeness (QED) is 0.184. The number of Topliss-reactive ketones (excluding diaryl/α,β-unsaturated/α-hetero) is 1. The van der Waals surface area contributed by atoms with Crippen LogP contribution >= 0.6 is 0 Å². The molecule has 2 fully saturated rings. The lowest BCUT2D eigenvalue weighted by Crippen LogP contribution is -2.65. The Balaban J connectivity index is 1.87. The highest BCUT2D eigenvalue weighted by Gasteiger charge is 2.46. The predicted octanol–water partition coefficient (Wildman–Crippen LogP) is 4.26. The molecule has 12 nitrogen and oxygen atoms in total. The molecular formula is C37H59N5O7S. The van der Waals surface area contributed by atoms with Gasteiger partial charge < -0.3 is 26.6 Å². The fourth-order valence-electron chi connectivity index (χ4n) is 6.91. The van der Waals surface area contributed by atoms with Crippen LogP contribution < -0.4 is 21.7 Å². The zero-order chi connectivity index (χ0) is 37.5. The number of hydrogen-bond acceptors (Lipinski definition) is 7. The zero-order valence-electron chi connectivity index (χ0n) is 31.0. The molecule has 13 heteroatoms. The highest BCUT2D eigenvalue weighted by molar-refractivity contribution is 7.91. The Morgan fingerprint density at radius 3 is 2.02 bits per heavy atom. The minimum atomic E-state index is -3.58. The van der Waals surface area contributed by atoms with E-state index in [0.717, 1.165) is 32.1 Å². The molecule has 50 heavy (non-hydrogen) atoms. The van der Waals surface area contributed by atoms with Gasteiger partial charge >= 0.3 is 6.03 Å². The molecule has 1 aromatic rings. The number of nitrogens with zero attached hydrogens (tertiary/aromatic N) is 1. The van der Waals surface area contributed by atoms with E-state index < -0.39 is 73.9 Å². The second-order valence-corrected chi connectivity index (χ2v) is 18.5. The molecule has 2 saturated carbocycles. The van der Waals surface area contributed by atoms with Crippen molar-refractivity contribution in [3.05, 3.63) is 30.3 Å². The lowest BCUT2D eigenvalue weighted by molar-refractivity contribution is -0.149. The molecule has 0 aliphatic heterocycles. The number of sulfone groups is 1. The number of primary amides is 1. The first-order valence-electron chi connectivity index (χ1n) is 18.0. The standard InChI is InChI=1S/C37H59N5O7S/c1-8-22-42(30(36(5,6)7)32(45)39-27(24-25-17-18-25)28(43)31(38)44)33(46)29(35(2,3)4)40-34(47)41-37(19-13-10-14-20-37)21-23-50(48,49)26-15-11-9-12-16-26/h9,11-12,15-16,25,27,29-30H,8,10,13-14,17-24H2,1-7H3,(H2,38,44)(H,39,45)(H2,40,41,47)/t27?,29-,30?/m1/s1. The molecule has 5 amide bonds. The second-order valence-electron chi connectivity index (χ2n) is 16.4. The van der Waals surface area contributed by atoms with Crippen molar-refractivity contribution in [1.82, 2.24) is 20.9 Å². The van der Waals surface area contributed by atoms with Crippen LogP contribution in [0.3, 0.4) is 0 Å². The number of hydrogen-bond donors (Lipinski definition) is 4. The SMILES string of the molecule is CCCN(C(=O)[C@@H](NC(=O)NC1(CCS(=O)(=O)c2ccccc2)CCCCC1)C(C)(C)C)C(C(=O)NC(CC1CC1)C(=O)C(N)=O)C(C)(C)C. The smallest absolute Gasteiger partial charge is 0.315 e. The average molecular weight is 718 g/mol. The van der Waals surface area contributed by atoms with Crippen molar-refractivity contribution in [3.8, 4) is 0 Å². The molecule has 2 aliphatic rings. The van der Waals surface area contributed by atoms with Gasteiger partial charge in [0.2, 0.25) is 17.6 Å². The minimum absolute atomic E-state index is 0.133. The number of amides is 5. The number of ketones is 1. The zero-order valence-corrected chi connectivity index (χ0v) is 31.8. The first-order valence-corrected chi connectivity index (χ1v) is 19.7. The van der Waals surface area contributed by atoms with Crippen LogP contribution in [0.2, 0.25) is 0 Å². The summed E-state index contributed by atoms with van der Waals surface area (Å²) < 4.78 is 26.4. The van der Waals surface area contributed by atoms with Gasteiger partial charge in [0.1, 0.15) is 12.1 Å². The Morgan fingerprint density at radius 2 is 1.52 bits per heavy atom. The van der Waals surface area contributed by atoms with Crippen molar-refractivity contribution < 1.29 is 32.4 Å². The number of nitrogens with one attached hydrogen (secondary N) is 3. The summed E-state index contributed by atoms with van der Waals surface area (Å²) in [7, 11) is -3.58. The van der Waals surface area contributed by atoms with E-state index in [0.29, 0.717) is 25.7 Å². The molecule has 0 aromatic heterocycles. The highest BCUT2D eigenvalue weighted by atomic mass is 32.2.